The number of ether oxygens (including phenoxy) is 1. The van der Waals surface area contributed by atoms with Gasteiger partial charge in [0.2, 0.25) is 0 Å². The summed E-state index contributed by atoms with van der Waals surface area (Å²) < 4.78 is 4.89. The van der Waals surface area contributed by atoms with Crippen LogP contribution < -0.4 is 10.6 Å². The number of nitrogens with zero attached hydrogens (tertiary/aromatic N) is 1. The van der Waals surface area contributed by atoms with Crippen LogP contribution >= 0.6 is 0 Å². The van der Waals surface area contributed by atoms with Crippen LogP contribution in [0.4, 0.5) is 10.5 Å². The Labute approximate surface area is 133 Å². The van der Waals surface area contributed by atoms with Crippen molar-refractivity contribution in [1.82, 2.24) is 10.2 Å². The largest absolute Gasteiger partial charge is 0.383 e. The van der Waals surface area contributed by atoms with Crippen LogP contribution in [0.5, 0.6) is 0 Å². The lowest BCUT2D eigenvalue weighted by molar-refractivity contribution is 0.198. The van der Waals surface area contributed by atoms with Gasteiger partial charge in [0, 0.05) is 19.3 Å². The third kappa shape index (κ3) is 6.03. The Hall–Kier alpha value is -1.59. The number of likely N-dealkylation sites (tertiary alicyclic amines) is 1. The lowest BCUT2D eigenvalue weighted by Gasteiger charge is -2.14. The van der Waals surface area contributed by atoms with Crippen LogP contribution in [0, 0.1) is 0 Å². The number of hydrogen-bond donors (Lipinski definition) is 2. The molecule has 0 atom stereocenters. The molecule has 0 aromatic heterocycles. The molecule has 5 heteroatoms. The second-order valence-corrected chi connectivity index (χ2v) is 5.72. The van der Waals surface area contributed by atoms with Gasteiger partial charge in [-0.2, -0.15) is 0 Å². The third-order valence-corrected chi connectivity index (χ3v) is 3.94. The second-order valence-electron chi connectivity index (χ2n) is 5.72. The van der Waals surface area contributed by atoms with Crippen molar-refractivity contribution in [2.45, 2.75) is 25.7 Å². The van der Waals surface area contributed by atoms with Crippen molar-refractivity contribution in [3.05, 3.63) is 29.8 Å². The first-order valence-corrected chi connectivity index (χ1v) is 8.13. The lowest BCUT2D eigenvalue weighted by atomic mass is 10.1. The highest BCUT2D eigenvalue weighted by atomic mass is 16.5. The van der Waals surface area contributed by atoms with Crippen molar-refractivity contribution < 1.29 is 9.53 Å². The maximum absolute atomic E-state index is 11.6. The first kappa shape index (κ1) is 16.8. The Balaban J connectivity index is 1.67. The molecule has 0 bridgehead atoms. The van der Waals surface area contributed by atoms with E-state index in [1.807, 2.05) is 12.1 Å². The molecule has 2 amide bonds. The summed E-state index contributed by atoms with van der Waals surface area (Å²) >= 11 is 0. The van der Waals surface area contributed by atoms with Crippen LogP contribution in [0.15, 0.2) is 24.3 Å². The molecule has 1 aromatic rings. The fourth-order valence-corrected chi connectivity index (χ4v) is 2.71. The summed E-state index contributed by atoms with van der Waals surface area (Å²) in [5.41, 5.74) is 2.14. The van der Waals surface area contributed by atoms with Crippen molar-refractivity contribution in [3.63, 3.8) is 0 Å². The fourth-order valence-electron chi connectivity index (χ4n) is 2.71. The predicted octanol–water partition coefficient (Wildman–Crippen LogP) is 2.48. The number of hydrogen-bond acceptors (Lipinski definition) is 3. The van der Waals surface area contributed by atoms with E-state index in [0.717, 1.165) is 12.1 Å². The van der Waals surface area contributed by atoms with Gasteiger partial charge in [0.15, 0.2) is 0 Å². The summed E-state index contributed by atoms with van der Waals surface area (Å²) in [7, 11) is 1.61. The number of rotatable bonds is 8. The number of nitrogens with one attached hydrogen (secondary N) is 2. The van der Waals surface area contributed by atoms with Gasteiger partial charge < -0.3 is 20.3 Å². The highest BCUT2D eigenvalue weighted by molar-refractivity contribution is 5.89. The summed E-state index contributed by atoms with van der Waals surface area (Å²) in [6.45, 7) is 4.75. The standard InChI is InChI=1S/C17H27N3O2/c1-22-14-10-18-17(21)19-16-8-6-15(7-9-16)5-4-13-20-11-2-3-12-20/h6-9H,2-5,10-14H2,1H3,(H2,18,19,21). The monoisotopic (exact) mass is 305 g/mol. The zero-order chi connectivity index (χ0) is 15.6. The molecule has 22 heavy (non-hydrogen) atoms. The highest BCUT2D eigenvalue weighted by Gasteiger charge is 2.10. The van der Waals surface area contributed by atoms with E-state index in [9.17, 15) is 4.79 Å². The molecule has 0 saturated carbocycles. The molecule has 2 rings (SSSR count). The number of carbonyl (C=O) groups excluding carboxylic acids is 1. The maximum atomic E-state index is 11.6. The molecule has 0 aliphatic carbocycles. The van der Waals surface area contributed by atoms with Gasteiger partial charge in [-0.25, -0.2) is 4.79 Å². The van der Waals surface area contributed by atoms with Gasteiger partial charge in [-0.3, -0.25) is 0 Å². The van der Waals surface area contributed by atoms with Gasteiger partial charge in [0.1, 0.15) is 0 Å². The number of amides is 2. The van der Waals surface area contributed by atoms with Crippen molar-refractivity contribution in [3.8, 4) is 0 Å². The normalized spacial score (nSPS) is 15.0. The van der Waals surface area contributed by atoms with E-state index in [1.54, 1.807) is 7.11 Å². The smallest absolute Gasteiger partial charge is 0.319 e. The van der Waals surface area contributed by atoms with Crippen LogP contribution in [0.1, 0.15) is 24.8 Å². The summed E-state index contributed by atoms with van der Waals surface area (Å²) in [6, 6.07) is 7.91. The third-order valence-electron chi connectivity index (χ3n) is 3.94. The SMILES string of the molecule is COCCNC(=O)Nc1ccc(CCCN2CCCC2)cc1. The highest BCUT2D eigenvalue weighted by Crippen LogP contribution is 2.13. The first-order valence-electron chi connectivity index (χ1n) is 8.13. The fraction of sp³-hybridized carbons (Fsp3) is 0.588. The summed E-state index contributed by atoms with van der Waals surface area (Å²) in [6.07, 6.45) is 5.00. The number of anilines is 1. The Kier molecular flexibility index (Phi) is 7.19. The number of methoxy groups -OCH3 is 1. The number of urea groups is 1. The van der Waals surface area contributed by atoms with Crippen molar-refractivity contribution in [2.75, 3.05) is 45.2 Å². The molecule has 0 spiro atoms. The molecule has 122 valence electrons. The van der Waals surface area contributed by atoms with Gasteiger partial charge in [-0.15, -0.1) is 0 Å². The van der Waals surface area contributed by atoms with Gasteiger partial charge in [0.25, 0.3) is 0 Å². The van der Waals surface area contributed by atoms with Gasteiger partial charge in [-0.1, -0.05) is 12.1 Å². The van der Waals surface area contributed by atoms with Crippen LogP contribution in [0.2, 0.25) is 0 Å². The zero-order valence-corrected chi connectivity index (χ0v) is 13.4. The summed E-state index contributed by atoms with van der Waals surface area (Å²) in [5.74, 6) is 0. The van der Waals surface area contributed by atoms with Gasteiger partial charge >= 0.3 is 6.03 Å². The molecule has 0 unspecified atom stereocenters. The maximum Gasteiger partial charge on any atom is 0.319 e. The molecule has 0 radical (unpaired) electrons. The molecule has 2 N–H and O–H groups in total. The van der Waals surface area contributed by atoms with E-state index >= 15 is 0 Å². The molecule has 1 fully saturated rings. The quantitative estimate of drug-likeness (QED) is 0.726. The molecular weight excluding hydrogens is 278 g/mol. The van der Waals surface area contributed by atoms with E-state index in [1.165, 1.54) is 44.5 Å². The Morgan fingerprint density at radius 1 is 1.23 bits per heavy atom. The lowest BCUT2D eigenvalue weighted by Crippen LogP contribution is -2.31. The Morgan fingerprint density at radius 2 is 1.95 bits per heavy atom. The van der Waals surface area contributed by atoms with E-state index in [2.05, 4.69) is 27.7 Å². The van der Waals surface area contributed by atoms with Gasteiger partial charge in [-0.05, 0) is 63.0 Å². The molecule has 1 heterocycles. The molecule has 1 aliphatic heterocycles. The molecular formula is C17H27N3O2. The minimum Gasteiger partial charge on any atom is -0.383 e. The van der Waals surface area contributed by atoms with E-state index in [4.69, 9.17) is 4.74 Å². The van der Waals surface area contributed by atoms with Crippen LogP contribution in [0.25, 0.3) is 0 Å². The van der Waals surface area contributed by atoms with Crippen molar-refractivity contribution >= 4 is 11.7 Å². The average molecular weight is 305 g/mol. The topological polar surface area (TPSA) is 53.6 Å². The van der Waals surface area contributed by atoms with E-state index in [0.29, 0.717) is 13.2 Å². The summed E-state index contributed by atoms with van der Waals surface area (Å²) in [5, 5.41) is 5.55. The molecule has 1 aromatic carbocycles. The second kappa shape index (κ2) is 9.43. The first-order chi connectivity index (χ1) is 10.8. The summed E-state index contributed by atoms with van der Waals surface area (Å²) in [4.78, 5) is 14.1. The molecule has 5 nitrogen and oxygen atoms in total. The Morgan fingerprint density at radius 3 is 2.64 bits per heavy atom. The van der Waals surface area contributed by atoms with Crippen LogP contribution in [0.3, 0.4) is 0 Å². The number of benzene rings is 1. The van der Waals surface area contributed by atoms with Gasteiger partial charge in [0.05, 0.1) is 6.61 Å². The minimum absolute atomic E-state index is 0.196. The molecule has 1 aliphatic rings. The zero-order valence-electron chi connectivity index (χ0n) is 13.4. The number of carbonyl (C=O) groups is 1. The predicted molar refractivity (Wildman–Crippen MR) is 89.3 cm³/mol. The van der Waals surface area contributed by atoms with Crippen molar-refractivity contribution in [1.29, 1.82) is 0 Å². The number of aryl methyl sites for hydroxylation is 1. The Bertz CT molecular complexity index is 442. The molecule has 1 saturated heterocycles. The van der Waals surface area contributed by atoms with Crippen LogP contribution in [-0.4, -0.2) is 50.8 Å². The average Bonchev–Trinajstić information content (AvgIpc) is 3.03. The van der Waals surface area contributed by atoms with E-state index < -0.39 is 0 Å². The minimum atomic E-state index is -0.196. The van der Waals surface area contributed by atoms with Crippen molar-refractivity contribution in [2.24, 2.45) is 0 Å². The van der Waals surface area contributed by atoms with Crippen LogP contribution in [-0.2, 0) is 11.2 Å². The van der Waals surface area contributed by atoms with E-state index in [-0.39, 0.29) is 6.03 Å².